The number of benzene rings is 4. The molecule has 6 unspecified atom stereocenters. The Bertz CT molecular complexity index is 1280. The van der Waals surface area contributed by atoms with Crippen LogP contribution in [0.3, 0.4) is 0 Å². The van der Waals surface area contributed by atoms with Crippen LogP contribution in [0.15, 0.2) is 108 Å². The molecule has 5 nitrogen and oxygen atoms in total. The van der Waals surface area contributed by atoms with Gasteiger partial charge in [0.15, 0.2) is 6.29 Å². The topological polar surface area (TPSA) is 57.2 Å². The summed E-state index contributed by atoms with van der Waals surface area (Å²) in [6.45, 7) is 0.720. The predicted molar refractivity (Wildman–Crippen MR) is 139 cm³/mol. The van der Waals surface area contributed by atoms with Gasteiger partial charge in [0, 0.05) is 10.5 Å². The number of thioether (sulfide) groups is 1. The monoisotopic (exact) mass is 500 g/mol. The van der Waals surface area contributed by atoms with Gasteiger partial charge in [-0.2, -0.15) is 0 Å². The van der Waals surface area contributed by atoms with E-state index in [0.29, 0.717) is 13.2 Å². The molecule has 184 valence electrons. The van der Waals surface area contributed by atoms with Crippen LogP contribution in [0.2, 0.25) is 0 Å². The molecular formula is C30H28O5S. The molecule has 2 saturated heterocycles. The lowest BCUT2D eigenvalue weighted by Gasteiger charge is -2.47. The lowest BCUT2D eigenvalue weighted by atomic mass is 9.98. The van der Waals surface area contributed by atoms with E-state index in [4.69, 9.17) is 18.9 Å². The van der Waals surface area contributed by atoms with E-state index >= 15 is 0 Å². The van der Waals surface area contributed by atoms with Crippen LogP contribution in [-0.4, -0.2) is 41.6 Å². The van der Waals surface area contributed by atoms with Crippen molar-refractivity contribution in [3.05, 3.63) is 114 Å². The molecule has 6 rings (SSSR count). The Morgan fingerprint density at radius 2 is 1.53 bits per heavy atom. The van der Waals surface area contributed by atoms with Crippen molar-refractivity contribution in [1.29, 1.82) is 0 Å². The molecule has 6 atom stereocenters. The van der Waals surface area contributed by atoms with E-state index in [2.05, 4.69) is 30.3 Å². The Hall–Kier alpha value is -2.71. The third kappa shape index (κ3) is 5.06. The number of rotatable bonds is 6. The molecule has 2 fully saturated rings. The predicted octanol–water partition coefficient (Wildman–Crippen LogP) is 5.72. The zero-order valence-corrected chi connectivity index (χ0v) is 20.5. The highest BCUT2D eigenvalue weighted by Crippen LogP contribution is 2.40. The highest BCUT2D eigenvalue weighted by Gasteiger charge is 2.50. The Morgan fingerprint density at radius 3 is 2.33 bits per heavy atom. The minimum atomic E-state index is -0.883. The number of aliphatic hydroxyl groups excluding tert-OH is 1. The minimum Gasteiger partial charge on any atom is -0.387 e. The average molecular weight is 501 g/mol. The highest BCUT2D eigenvalue weighted by atomic mass is 32.2. The molecule has 0 saturated carbocycles. The molecule has 0 radical (unpaired) electrons. The van der Waals surface area contributed by atoms with Crippen molar-refractivity contribution >= 4 is 22.5 Å². The standard InChI is InChI=1S/C30H28O5S/c31-26-28(32-18-20-15-16-21-9-7-8-12-23(21)17-20)27-25(34-30(26)36-24-13-5-2-6-14-24)19-33-29(35-27)22-10-3-1-4-11-22/h1-17,25-31H,18-19H2. The highest BCUT2D eigenvalue weighted by molar-refractivity contribution is 7.99. The van der Waals surface area contributed by atoms with E-state index in [1.165, 1.54) is 17.1 Å². The number of ether oxygens (including phenoxy) is 4. The van der Waals surface area contributed by atoms with Gasteiger partial charge < -0.3 is 24.1 Å². The molecule has 1 N–H and O–H groups in total. The molecule has 0 aliphatic carbocycles. The molecule has 0 spiro atoms. The van der Waals surface area contributed by atoms with Crippen molar-refractivity contribution in [2.75, 3.05) is 6.61 Å². The van der Waals surface area contributed by atoms with Gasteiger partial charge in [-0.15, -0.1) is 0 Å². The molecule has 2 aliphatic heterocycles. The van der Waals surface area contributed by atoms with Gasteiger partial charge in [-0.05, 0) is 34.5 Å². The summed E-state index contributed by atoms with van der Waals surface area (Å²) >= 11 is 1.49. The second-order valence-electron chi connectivity index (χ2n) is 9.10. The Labute approximate surface area is 215 Å². The number of aliphatic hydroxyl groups is 1. The summed E-state index contributed by atoms with van der Waals surface area (Å²) in [4.78, 5) is 1.02. The van der Waals surface area contributed by atoms with E-state index < -0.39 is 30.0 Å². The first-order chi connectivity index (χ1) is 17.7. The fourth-order valence-electron chi connectivity index (χ4n) is 4.78. The van der Waals surface area contributed by atoms with Crippen LogP contribution in [0, 0.1) is 0 Å². The summed E-state index contributed by atoms with van der Waals surface area (Å²) in [6.07, 6.45) is -2.81. The molecule has 0 bridgehead atoms. The summed E-state index contributed by atoms with van der Waals surface area (Å²) in [7, 11) is 0. The van der Waals surface area contributed by atoms with Crippen LogP contribution >= 0.6 is 11.8 Å². The third-order valence-corrected chi connectivity index (χ3v) is 7.80. The molecular weight excluding hydrogens is 472 g/mol. The van der Waals surface area contributed by atoms with Gasteiger partial charge in [-0.3, -0.25) is 0 Å². The lowest BCUT2D eigenvalue weighted by molar-refractivity contribution is -0.325. The Kier molecular flexibility index (Phi) is 7.05. The molecule has 36 heavy (non-hydrogen) atoms. The first-order valence-electron chi connectivity index (χ1n) is 12.2. The summed E-state index contributed by atoms with van der Waals surface area (Å²) in [5.74, 6) is 0. The maximum Gasteiger partial charge on any atom is 0.184 e. The first-order valence-corrected chi connectivity index (χ1v) is 13.1. The minimum absolute atomic E-state index is 0.351. The van der Waals surface area contributed by atoms with Gasteiger partial charge in [0.1, 0.15) is 29.9 Å². The SMILES string of the molecule is OC1C(Sc2ccccc2)OC2COC(c3ccccc3)OC2C1OCc1ccc2ccccc2c1. The van der Waals surface area contributed by atoms with E-state index in [0.717, 1.165) is 21.4 Å². The van der Waals surface area contributed by atoms with Crippen LogP contribution in [0.25, 0.3) is 10.8 Å². The Balaban J connectivity index is 1.24. The number of hydrogen-bond acceptors (Lipinski definition) is 6. The van der Waals surface area contributed by atoms with Crippen molar-refractivity contribution in [1.82, 2.24) is 0 Å². The third-order valence-electron chi connectivity index (χ3n) is 6.63. The molecule has 2 heterocycles. The number of fused-ring (bicyclic) bond motifs is 2. The largest absolute Gasteiger partial charge is 0.387 e. The molecule has 0 amide bonds. The van der Waals surface area contributed by atoms with E-state index in [1.54, 1.807) is 0 Å². The smallest absolute Gasteiger partial charge is 0.184 e. The summed E-state index contributed by atoms with van der Waals surface area (Å²) in [5.41, 5.74) is 1.47. The van der Waals surface area contributed by atoms with Gasteiger partial charge >= 0.3 is 0 Å². The van der Waals surface area contributed by atoms with Gasteiger partial charge in [0.25, 0.3) is 0 Å². The lowest BCUT2D eigenvalue weighted by Crippen LogP contribution is -2.61. The quantitative estimate of drug-likeness (QED) is 0.366. The van der Waals surface area contributed by atoms with Crippen LogP contribution < -0.4 is 0 Å². The summed E-state index contributed by atoms with van der Waals surface area (Å²) < 4.78 is 25.1. The second-order valence-corrected chi connectivity index (χ2v) is 10.3. The van der Waals surface area contributed by atoms with Crippen molar-refractivity contribution in [3.63, 3.8) is 0 Å². The van der Waals surface area contributed by atoms with Crippen LogP contribution in [0.5, 0.6) is 0 Å². The molecule has 4 aromatic carbocycles. The molecule has 6 heteroatoms. The van der Waals surface area contributed by atoms with Crippen molar-refractivity contribution in [3.8, 4) is 0 Å². The normalized spacial score (nSPS) is 28.0. The second kappa shape index (κ2) is 10.7. The molecule has 2 aliphatic rings. The van der Waals surface area contributed by atoms with Gasteiger partial charge in [0.05, 0.1) is 13.2 Å². The van der Waals surface area contributed by atoms with Crippen molar-refractivity contribution in [2.24, 2.45) is 0 Å². The summed E-state index contributed by atoms with van der Waals surface area (Å²) in [6, 6.07) is 34.3. The van der Waals surface area contributed by atoms with Gasteiger partial charge in [-0.1, -0.05) is 96.7 Å². The van der Waals surface area contributed by atoms with Crippen molar-refractivity contribution in [2.45, 2.75) is 47.6 Å². The molecule has 0 aromatic heterocycles. The van der Waals surface area contributed by atoms with Gasteiger partial charge in [-0.25, -0.2) is 0 Å². The Morgan fingerprint density at radius 1 is 0.806 bits per heavy atom. The van der Waals surface area contributed by atoms with Crippen molar-refractivity contribution < 1.29 is 24.1 Å². The van der Waals surface area contributed by atoms with Crippen LogP contribution in [0.1, 0.15) is 17.4 Å². The fourth-order valence-corrected chi connectivity index (χ4v) is 5.86. The number of hydrogen-bond donors (Lipinski definition) is 1. The van der Waals surface area contributed by atoms with E-state index in [9.17, 15) is 5.11 Å². The maximum atomic E-state index is 11.4. The van der Waals surface area contributed by atoms with Crippen LogP contribution in [-0.2, 0) is 25.6 Å². The van der Waals surface area contributed by atoms with Crippen LogP contribution in [0.4, 0.5) is 0 Å². The van der Waals surface area contributed by atoms with E-state index in [-0.39, 0.29) is 6.10 Å². The van der Waals surface area contributed by atoms with Gasteiger partial charge in [0.2, 0.25) is 0 Å². The maximum absolute atomic E-state index is 11.4. The average Bonchev–Trinajstić information content (AvgIpc) is 2.94. The fraction of sp³-hybridized carbons (Fsp3) is 0.267. The zero-order chi connectivity index (χ0) is 24.3. The first kappa shape index (κ1) is 23.7. The summed E-state index contributed by atoms with van der Waals surface area (Å²) in [5, 5.41) is 13.8. The zero-order valence-electron chi connectivity index (χ0n) is 19.7. The molecule has 4 aromatic rings. The van der Waals surface area contributed by atoms with E-state index in [1.807, 2.05) is 72.8 Å².